The monoisotopic (exact) mass is 363 g/mol. The van der Waals surface area contributed by atoms with Crippen molar-refractivity contribution in [1.82, 2.24) is 5.32 Å². The highest BCUT2D eigenvalue weighted by Crippen LogP contribution is 2.26. The topological polar surface area (TPSA) is 55.4 Å². The average molecular weight is 364 g/mol. The van der Waals surface area contributed by atoms with Crippen LogP contribution in [0, 0.1) is 0 Å². The lowest BCUT2D eigenvalue weighted by atomic mass is 10.1. The van der Waals surface area contributed by atoms with Gasteiger partial charge in [-0.3, -0.25) is 4.79 Å². The zero-order chi connectivity index (χ0) is 17.4. The molecule has 24 heavy (non-hydrogen) atoms. The number of esters is 1. The second-order valence-corrected chi connectivity index (χ2v) is 6.43. The van der Waals surface area contributed by atoms with E-state index in [4.69, 9.17) is 11.6 Å². The minimum atomic E-state index is -0.355. The van der Waals surface area contributed by atoms with E-state index in [2.05, 4.69) is 10.1 Å². The minimum Gasteiger partial charge on any atom is -0.465 e. The number of thioether (sulfide) groups is 1. The maximum Gasteiger partial charge on any atom is 0.337 e. The second-order valence-electron chi connectivity index (χ2n) is 5.01. The molecule has 0 spiro atoms. The molecule has 2 rings (SSSR count). The van der Waals surface area contributed by atoms with Crippen LogP contribution in [0.2, 0.25) is 5.02 Å². The highest BCUT2D eigenvalue weighted by molar-refractivity contribution is 8.00. The van der Waals surface area contributed by atoms with Crippen molar-refractivity contribution in [2.45, 2.75) is 11.3 Å². The molecule has 0 aliphatic carbocycles. The van der Waals surface area contributed by atoms with Crippen LogP contribution in [0.5, 0.6) is 0 Å². The fourth-order valence-electron chi connectivity index (χ4n) is 2.03. The number of rotatable bonds is 7. The summed E-state index contributed by atoms with van der Waals surface area (Å²) < 4.78 is 4.65. The molecule has 0 aromatic heterocycles. The summed E-state index contributed by atoms with van der Waals surface area (Å²) in [5, 5.41) is 3.53. The highest BCUT2D eigenvalue weighted by atomic mass is 35.5. The zero-order valence-corrected chi connectivity index (χ0v) is 14.8. The predicted molar refractivity (Wildman–Crippen MR) is 96.7 cm³/mol. The summed E-state index contributed by atoms with van der Waals surface area (Å²) in [6.07, 6.45) is 0.698. The van der Waals surface area contributed by atoms with E-state index in [9.17, 15) is 9.59 Å². The van der Waals surface area contributed by atoms with Gasteiger partial charge < -0.3 is 10.1 Å². The van der Waals surface area contributed by atoms with E-state index >= 15 is 0 Å². The van der Waals surface area contributed by atoms with Crippen molar-refractivity contribution < 1.29 is 14.3 Å². The largest absolute Gasteiger partial charge is 0.465 e. The number of hydrogen-bond donors (Lipinski definition) is 1. The summed E-state index contributed by atoms with van der Waals surface area (Å²) in [6.45, 7) is 0.541. The van der Waals surface area contributed by atoms with Crippen LogP contribution in [0.4, 0.5) is 0 Å². The number of methoxy groups -OCH3 is 1. The Balaban J connectivity index is 1.72. The van der Waals surface area contributed by atoms with Gasteiger partial charge in [-0.15, -0.1) is 11.8 Å². The lowest BCUT2D eigenvalue weighted by Gasteiger charge is -2.07. The average Bonchev–Trinajstić information content (AvgIpc) is 2.61. The van der Waals surface area contributed by atoms with Gasteiger partial charge in [0.15, 0.2) is 0 Å². The molecular weight excluding hydrogens is 346 g/mol. The predicted octanol–water partition coefficient (Wildman–Crippen LogP) is 3.58. The van der Waals surface area contributed by atoms with Crippen LogP contribution >= 0.6 is 23.4 Å². The van der Waals surface area contributed by atoms with Crippen LogP contribution < -0.4 is 5.32 Å². The van der Waals surface area contributed by atoms with Crippen LogP contribution in [0.3, 0.4) is 0 Å². The van der Waals surface area contributed by atoms with Gasteiger partial charge in [0.25, 0.3) is 0 Å². The van der Waals surface area contributed by atoms with Crippen molar-refractivity contribution >= 4 is 35.2 Å². The number of ether oxygens (including phenoxy) is 1. The summed E-state index contributed by atoms with van der Waals surface area (Å²) in [7, 11) is 1.35. The van der Waals surface area contributed by atoms with Gasteiger partial charge in [0.2, 0.25) is 5.91 Å². The van der Waals surface area contributed by atoms with Crippen molar-refractivity contribution in [2.24, 2.45) is 0 Å². The quantitative estimate of drug-likeness (QED) is 0.603. The minimum absolute atomic E-state index is 0.0360. The number of benzene rings is 2. The highest BCUT2D eigenvalue weighted by Gasteiger charge is 2.06. The molecule has 6 heteroatoms. The molecule has 0 radical (unpaired) electrons. The molecule has 0 atom stereocenters. The lowest BCUT2D eigenvalue weighted by Crippen LogP contribution is -2.27. The lowest BCUT2D eigenvalue weighted by molar-refractivity contribution is -0.118. The van der Waals surface area contributed by atoms with E-state index in [0.717, 1.165) is 10.5 Å². The molecular formula is C18H18ClNO3S. The third kappa shape index (κ3) is 5.58. The summed E-state index contributed by atoms with van der Waals surface area (Å²) in [4.78, 5) is 24.1. The molecule has 1 N–H and O–H groups in total. The summed E-state index contributed by atoms with van der Waals surface area (Å²) >= 11 is 7.47. The van der Waals surface area contributed by atoms with Crippen LogP contribution in [-0.4, -0.2) is 31.3 Å². The van der Waals surface area contributed by atoms with Gasteiger partial charge in [-0.05, 0) is 36.2 Å². The first-order valence-electron chi connectivity index (χ1n) is 7.41. The summed E-state index contributed by atoms with van der Waals surface area (Å²) in [6, 6.07) is 14.6. The van der Waals surface area contributed by atoms with Crippen molar-refractivity contribution in [3.8, 4) is 0 Å². The van der Waals surface area contributed by atoms with Gasteiger partial charge >= 0.3 is 5.97 Å². The Hall–Kier alpha value is -1.98. The molecule has 0 aliphatic rings. The van der Waals surface area contributed by atoms with E-state index in [1.165, 1.54) is 18.9 Å². The van der Waals surface area contributed by atoms with Gasteiger partial charge in [0.1, 0.15) is 0 Å². The summed E-state index contributed by atoms with van der Waals surface area (Å²) in [5.41, 5.74) is 1.56. The molecule has 0 unspecified atom stereocenters. The fraction of sp³-hybridized carbons (Fsp3) is 0.222. The third-order valence-electron chi connectivity index (χ3n) is 3.31. The normalized spacial score (nSPS) is 10.2. The Kier molecular flexibility index (Phi) is 7.15. The Morgan fingerprint density at radius 3 is 2.50 bits per heavy atom. The zero-order valence-electron chi connectivity index (χ0n) is 13.3. The van der Waals surface area contributed by atoms with E-state index in [1.807, 2.05) is 30.3 Å². The maximum absolute atomic E-state index is 11.9. The van der Waals surface area contributed by atoms with Crippen molar-refractivity contribution in [3.63, 3.8) is 0 Å². The summed E-state index contributed by atoms with van der Waals surface area (Å²) in [5.74, 6) is -0.0667. The van der Waals surface area contributed by atoms with Crippen LogP contribution in [0.1, 0.15) is 15.9 Å². The van der Waals surface area contributed by atoms with Crippen LogP contribution in [-0.2, 0) is 16.0 Å². The SMILES string of the molecule is COC(=O)c1ccc(CCNC(=O)CSc2ccccc2Cl)cc1. The molecule has 0 saturated heterocycles. The first-order chi connectivity index (χ1) is 11.6. The first kappa shape index (κ1) is 18.4. The first-order valence-corrected chi connectivity index (χ1v) is 8.78. The van der Waals surface area contributed by atoms with Gasteiger partial charge in [-0.1, -0.05) is 35.9 Å². The molecule has 2 aromatic rings. The number of carbonyl (C=O) groups excluding carboxylic acids is 2. The molecule has 126 valence electrons. The Labute approximate surface area is 150 Å². The molecule has 1 amide bonds. The molecule has 2 aromatic carbocycles. The Bertz CT molecular complexity index is 704. The molecule has 0 saturated carbocycles. The van der Waals surface area contributed by atoms with Crippen molar-refractivity contribution in [1.29, 1.82) is 0 Å². The van der Waals surface area contributed by atoms with Crippen molar-refractivity contribution in [2.75, 3.05) is 19.4 Å². The van der Waals surface area contributed by atoms with Gasteiger partial charge in [-0.2, -0.15) is 0 Å². The van der Waals surface area contributed by atoms with Gasteiger partial charge in [0, 0.05) is 11.4 Å². The van der Waals surface area contributed by atoms with E-state index in [0.29, 0.717) is 29.3 Å². The number of halogens is 1. The van der Waals surface area contributed by atoms with E-state index < -0.39 is 0 Å². The fourth-order valence-corrected chi connectivity index (χ4v) is 3.10. The second kappa shape index (κ2) is 9.35. The smallest absolute Gasteiger partial charge is 0.337 e. The van der Waals surface area contributed by atoms with Crippen LogP contribution in [0.25, 0.3) is 0 Å². The molecule has 0 bridgehead atoms. The van der Waals surface area contributed by atoms with Gasteiger partial charge in [0.05, 0.1) is 23.4 Å². The molecule has 0 aliphatic heterocycles. The Morgan fingerprint density at radius 2 is 1.83 bits per heavy atom. The number of hydrogen-bond acceptors (Lipinski definition) is 4. The molecule has 0 fully saturated rings. The van der Waals surface area contributed by atoms with E-state index in [1.54, 1.807) is 18.2 Å². The van der Waals surface area contributed by atoms with Gasteiger partial charge in [-0.25, -0.2) is 4.79 Å². The third-order valence-corrected chi connectivity index (χ3v) is 4.82. The number of carbonyl (C=O) groups is 2. The van der Waals surface area contributed by atoms with E-state index in [-0.39, 0.29) is 11.9 Å². The Morgan fingerprint density at radius 1 is 1.12 bits per heavy atom. The van der Waals surface area contributed by atoms with Crippen molar-refractivity contribution in [3.05, 3.63) is 64.7 Å². The van der Waals surface area contributed by atoms with Crippen LogP contribution in [0.15, 0.2) is 53.4 Å². The molecule has 4 nitrogen and oxygen atoms in total. The maximum atomic E-state index is 11.9. The molecule has 0 heterocycles. The number of nitrogens with one attached hydrogen (secondary N) is 1. The number of amides is 1. The standard InChI is InChI=1S/C18H18ClNO3S/c1-23-18(22)14-8-6-13(7-9-14)10-11-20-17(21)12-24-16-5-3-2-4-15(16)19/h2-9H,10-12H2,1H3,(H,20,21).